The number of hydrogen-bond acceptors (Lipinski definition) is 1. The van der Waals surface area contributed by atoms with E-state index in [-0.39, 0.29) is 17.3 Å². The quantitative estimate of drug-likeness (QED) is 0.713. The molecule has 2 aliphatic rings. The lowest BCUT2D eigenvalue weighted by molar-refractivity contribution is 0.0762. The van der Waals surface area contributed by atoms with Crippen molar-refractivity contribution in [3.8, 4) is 0 Å². The van der Waals surface area contributed by atoms with Crippen LogP contribution >= 0.6 is 0 Å². The van der Waals surface area contributed by atoms with Crippen molar-refractivity contribution in [2.24, 2.45) is 17.8 Å². The molecule has 3 rings (SSSR count). The average Bonchev–Trinajstić information content (AvgIpc) is 2.45. The fourth-order valence-electron chi connectivity index (χ4n) is 4.04. The predicted molar refractivity (Wildman–Crippen MR) is 73.5 cm³/mol. The predicted octanol–water partition coefficient (Wildman–Crippen LogP) is 4.75. The Morgan fingerprint density at radius 3 is 2.25 bits per heavy atom. The first-order valence-corrected chi connectivity index (χ1v) is 7.64. The molecule has 2 fully saturated rings. The number of hydrogen-bond donors (Lipinski definition) is 0. The van der Waals surface area contributed by atoms with Gasteiger partial charge in [0.15, 0.2) is 5.78 Å². The second-order valence-electron chi connectivity index (χ2n) is 6.34. The largest absolute Gasteiger partial charge is 0.294 e. The Kier molecular flexibility index (Phi) is 3.86. The molecule has 1 nitrogen and oxygen atoms in total. The molecule has 0 N–H and O–H groups in total. The van der Waals surface area contributed by atoms with Gasteiger partial charge in [-0.25, -0.2) is 8.78 Å². The number of Topliss-reactive ketones (excluding diaryl/α,β-unsaturated/α-hetero) is 1. The summed E-state index contributed by atoms with van der Waals surface area (Å²) in [5, 5.41) is 0. The molecule has 0 saturated heterocycles. The van der Waals surface area contributed by atoms with Crippen LogP contribution in [-0.2, 0) is 0 Å². The van der Waals surface area contributed by atoms with Crippen molar-refractivity contribution in [2.45, 2.75) is 44.9 Å². The van der Waals surface area contributed by atoms with E-state index in [2.05, 4.69) is 0 Å². The lowest BCUT2D eigenvalue weighted by Crippen LogP contribution is -2.31. The molecule has 0 bridgehead atoms. The van der Waals surface area contributed by atoms with Crippen molar-refractivity contribution in [3.63, 3.8) is 0 Å². The van der Waals surface area contributed by atoms with Crippen molar-refractivity contribution < 1.29 is 13.6 Å². The average molecular weight is 278 g/mol. The van der Waals surface area contributed by atoms with E-state index in [1.54, 1.807) is 0 Å². The number of carbonyl (C=O) groups excluding carboxylic acids is 1. The highest BCUT2D eigenvalue weighted by atomic mass is 19.1. The topological polar surface area (TPSA) is 17.1 Å². The Hall–Kier alpha value is -1.25. The Balaban J connectivity index is 1.74. The fourth-order valence-corrected chi connectivity index (χ4v) is 4.04. The zero-order chi connectivity index (χ0) is 14.1. The molecule has 0 radical (unpaired) electrons. The van der Waals surface area contributed by atoms with Crippen LogP contribution in [0.4, 0.5) is 8.78 Å². The summed E-state index contributed by atoms with van der Waals surface area (Å²) in [5.41, 5.74) is 0.196. The van der Waals surface area contributed by atoms with Crippen LogP contribution in [0.15, 0.2) is 18.2 Å². The van der Waals surface area contributed by atoms with Crippen molar-refractivity contribution in [1.82, 2.24) is 0 Å². The smallest absolute Gasteiger partial charge is 0.166 e. The molecule has 0 heterocycles. The van der Waals surface area contributed by atoms with Crippen LogP contribution in [0.25, 0.3) is 0 Å². The van der Waals surface area contributed by atoms with Crippen molar-refractivity contribution >= 4 is 5.78 Å². The van der Waals surface area contributed by atoms with Crippen LogP contribution in [0.5, 0.6) is 0 Å². The minimum Gasteiger partial charge on any atom is -0.294 e. The van der Waals surface area contributed by atoms with Gasteiger partial charge in [-0.3, -0.25) is 4.79 Å². The summed E-state index contributed by atoms with van der Waals surface area (Å²) in [6.07, 6.45) is 7.95. The van der Waals surface area contributed by atoms with Gasteiger partial charge in [0.2, 0.25) is 0 Å². The molecule has 1 aromatic carbocycles. The first-order valence-electron chi connectivity index (χ1n) is 7.64. The van der Waals surface area contributed by atoms with Crippen molar-refractivity contribution in [3.05, 3.63) is 35.4 Å². The Labute approximate surface area is 118 Å². The molecule has 0 aliphatic heterocycles. The van der Waals surface area contributed by atoms with Crippen molar-refractivity contribution in [2.75, 3.05) is 0 Å². The minimum atomic E-state index is -0.667. The second-order valence-corrected chi connectivity index (χ2v) is 6.34. The van der Waals surface area contributed by atoms with Crippen LogP contribution < -0.4 is 0 Å². The molecular weight excluding hydrogens is 258 g/mol. The number of halogens is 2. The number of carbonyl (C=O) groups is 1. The summed E-state index contributed by atoms with van der Waals surface area (Å²) in [4.78, 5) is 12.4. The molecular formula is C17H20F2O. The number of fused-ring (bicyclic) bond motifs is 1. The van der Waals surface area contributed by atoms with Crippen LogP contribution in [0.3, 0.4) is 0 Å². The van der Waals surface area contributed by atoms with Gasteiger partial charge in [0, 0.05) is 17.5 Å². The fraction of sp³-hybridized carbons (Fsp3) is 0.588. The maximum absolute atomic E-state index is 13.2. The van der Waals surface area contributed by atoms with E-state index in [1.165, 1.54) is 37.8 Å². The summed E-state index contributed by atoms with van der Waals surface area (Å²) < 4.78 is 26.5. The van der Waals surface area contributed by atoms with Gasteiger partial charge in [0.25, 0.3) is 0 Å². The van der Waals surface area contributed by atoms with Gasteiger partial charge in [-0.2, -0.15) is 0 Å². The lowest BCUT2D eigenvalue weighted by atomic mass is 9.66. The highest BCUT2D eigenvalue weighted by Crippen LogP contribution is 2.43. The van der Waals surface area contributed by atoms with E-state index < -0.39 is 11.6 Å². The summed E-state index contributed by atoms with van der Waals surface area (Å²) in [6, 6.07) is 3.14. The molecule has 20 heavy (non-hydrogen) atoms. The van der Waals surface area contributed by atoms with Gasteiger partial charge in [-0.05, 0) is 43.2 Å². The van der Waals surface area contributed by atoms with Crippen LogP contribution in [0, 0.1) is 29.4 Å². The van der Waals surface area contributed by atoms with Crippen LogP contribution in [0.1, 0.15) is 55.3 Å². The van der Waals surface area contributed by atoms with E-state index in [0.717, 1.165) is 31.2 Å². The van der Waals surface area contributed by atoms with Crippen LogP contribution in [0.2, 0.25) is 0 Å². The van der Waals surface area contributed by atoms with Gasteiger partial charge < -0.3 is 0 Å². The van der Waals surface area contributed by atoms with Gasteiger partial charge in [0.05, 0.1) is 0 Å². The molecule has 3 atom stereocenters. The minimum absolute atomic E-state index is 0.0458. The van der Waals surface area contributed by atoms with Gasteiger partial charge >= 0.3 is 0 Å². The third-order valence-electron chi connectivity index (χ3n) is 5.06. The molecule has 2 aliphatic carbocycles. The Bertz CT molecular complexity index is 491. The SMILES string of the molecule is O=C(c1cc(F)cc(F)c1)C1CCC2CCCCC2C1. The first kappa shape index (κ1) is 13.7. The van der Waals surface area contributed by atoms with E-state index in [4.69, 9.17) is 0 Å². The third-order valence-corrected chi connectivity index (χ3v) is 5.06. The number of benzene rings is 1. The summed E-state index contributed by atoms with van der Waals surface area (Å²) >= 11 is 0. The molecule has 3 heteroatoms. The maximum atomic E-state index is 13.2. The van der Waals surface area contributed by atoms with Gasteiger partial charge in [0.1, 0.15) is 11.6 Å². The molecule has 0 aromatic heterocycles. The van der Waals surface area contributed by atoms with E-state index in [0.29, 0.717) is 5.92 Å². The standard InChI is InChI=1S/C17H20F2O/c18-15-8-14(9-16(19)10-15)17(20)13-6-5-11-3-1-2-4-12(11)7-13/h8-13H,1-7H2. The van der Waals surface area contributed by atoms with E-state index in [1.807, 2.05) is 0 Å². The lowest BCUT2D eigenvalue weighted by Gasteiger charge is -2.38. The highest BCUT2D eigenvalue weighted by Gasteiger charge is 2.35. The Morgan fingerprint density at radius 2 is 1.55 bits per heavy atom. The highest BCUT2D eigenvalue weighted by molar-refractivity contribution is 5.97. The molecule has 3 unspecified atom stereocenters. The summed E-state index contributed by atoms with van der Waals surface area (Å²) in [7, 11) is 0. The zero-order valence-corrected chi connectivity index (χ0v) is 11.6. The number of rotatable bonds is 2. The molecule has 108 valence electrons. The number of ketones is 1. The zero-order valence-electron chi connectivity index (χ0n) is 11.6. The first-order chi connectivity index (χ1) is 9.63. The molecule has 0 amide bonds. The normalized spacial score (nSPS) is 29.8. The monoisotopic (exact) mass is 278 g/mol. The van der Waals surface area contributed by atoms with Gasteiger partial charge in [-0.1, -0.05) is 25.7 Å². The van der Waals surface area contributed by atoms with E-state index >= 15 is 0 Å². The van der Waals surface area contributed by atoms with Crippen molar-refractivity contribution in [1.29, 1.82) is 0 Å². The summed E-state index contributed by atoms with van der Waals surface area (Å²) in [6.45, 7) is 0. The second kappa shape index (κ2) is 5.63. The molecule has 2 saturated carbocycles. The molecule has 1 aromatic rings. The summed E-state index contributed by atoms with van der Waals surface area (Å²) in [5.74, 6) is -0.0377. The molecule has 0 spiro atoms. The third kappa shape index (κ3) is 2.77. The van der Waals surface area contributed by atoms with E-state index in [9.17, 15) is 13.6 Å². The maximum Gasteiger partial charge on any atom is 0.166 e. The Morgan fingerprint density at radius 1 is 0.900 bits per heavy atom. The van der Waals surface area contributed by atoms with Gasteiger partial charge in [-0.15, -0.1) is 0 Å². The van der Waals surface area contributed by atoms with Crippen LogP contribution in [-0.4, -0.2) is 5.78 Å².